The molecule has 5 aromatic rings. The van der Waals surface area contributed by atoms with E-state index in [1.165, 1.54) is 6.07 Å². The molecule has 0 aliphatic carbocycles. The molecule has 3 heterocycles. The van der Waals surface area contributed by atoms with Crippen LogP contribution in [0.15, 0.2) is 97.2 Å². The molecule has 1 aliphatic rings. The Bertz CT molecular complexity index is 1610. The average Bonchev–Trinajstić information content (AvgIpc) is 3.51. The molecule has 1 N–H and O–H groups in total. The lowest BCUT2D eigenvalue weighted by Crippen LogP contribution is -2.38. The monoisotopic (exact) mass is 507 g/mol. The smallest absolute Gasteiger partial charge is 0.323 e. The number of para-hydroxylation sites is 2. The summed E-state index contributed by atoms with van der Waals surface area (Å²) in [5.74, 6) is 1.10. The second-order valence-electron chi connectivity index (χ2n) is 9.15. The second-order valence-corrected chi connectivity index (χ2v) is 9.15. The Morgan fingerprint density at radius 2 is 1.71 bits per heavy atom. The van der Waals surface area contributed by atoms with Gasteiger partial charge in [-0.1, -0.05) is 42.5 Å². The van der Waals surface area contributed by atoms with Crippen LogP contribution in [0.3, 0.4) is 0 Å². The highest BCUT2D eigenvalue weighted by Crippen LogP contribution is 2.39. The molecule has 0 saturated carbocycles. The largest absolute Gasteiger partial charge is 0.497 e. The molecular weight excluding hydrogens is 481 g/mol. The Kier molecular flexibility index (Phi) is 5.92. The number of aromatic nitrogens is 3. The lowest BCUT2D eigenvalue weighted by Gasteiger charge is -2.31. The van der Waals surface area contributed by atoms with Crippen molar-refractivity contribution in [3.05, 3.63) is 126 Å². The van der Waals surface area contributed by atoms with E-state index < -0.39 is 17.9 Å². The summed E-state index contributed by atoms with van der Waals surface area (Å²) < 4.78 is 23.9. The number of carbonyl (C=O) groups is 1. The highest BCUT2D eigenvalue weighted by atomic mass is 19.1. The maximum absolute atomic E-state index is 14.5. The highest BCUT2D eigenvalue weighted by molar-refractivity contribution is 5.90. The molecule has 1 atom stereocenters. The third-order valence-corrected chi connectivity index (χ3v) is 6.89. The van der Waals surface area contributed by atoms with Gasteiger partial charge < -0.3 is 19.5 Å². The molecule has 2 aromatic heterocycles. The third kappa shape index (κ3) is 4.00. The zero-order valence-corrected chi connectivity index (χ0v) is 21.0. The SMILES string of the molecule is COc1ccc(C2c3cccn3-c3c(c(C)nn3-c3ccccc3)CN2C(=O)Nc2ccccc2F)cc1. The zero-order chi connectivity index (χ0) is 26.2. The van der Waals surface area contributed by atoms with Crippen molar-refractivity contribution in [1.82, 2.24) is 19.2 Å². The molecule has 3 aromatic carbocycles. The first-order chi connectivity index (χ1) is 18.5. The van der Waals surface area contributed by atoms with Gasteiger partial charge in [-0.05, 0) is 61.0 Å². The van der Waals surface area contributed by atoms with Gasteiger partial charge in [0.2, 0.25) is 0 Å². The molecule has 190 valence electrons. The Morgan fingerprint density at radius 3 is 2.45 bits per heavy atom. The van der Waals surface area contributed by atoms with Gasteiger partial charge in [0.25, 0.3) is 0 Å². The van der Waals surface area contributed by atoms with E-state index in [2.05, 4.69) is 9.88 Å². The van der Waals surface area contributed by atoms with Crippen molar-refractivity contribution in [3.63, 3.8) is 0 Å². The summed E-state index contributed by atoms with van der Waals surface area (Å²) in [5.41, 5.74) is 4.55. The number of benzene rings is 3. The van der Waals surface area contributed by atoms with Crippen LogP contribution in [-0.2, 0) is 6.54 Å². The molecule has 0 saturated heterocycles. The number of rotatable bonds is 4. The quantitative estimate of drug-likeness (QED) is 0.312. The maximum atomic E-state index is 14.5. The van der Waals surface area contributed by atoms with Crippen LogP contribution in [0.4, 0.5) is 14.9 Å². The van der Waals surface area contributed by atoms with Crippen molar-refractivity contribution < 1.29 is 13.9 Å². The number of fused-ring (bicyclic) bond motifs is 3. The van der Waals surface area contributed by atoms with Crippen LogP contribution in [0, 0.1) is 12.7 Å². The molecule has 38 heavy (non-hydrogen) atoms. The zero-order valence-electron chi connectivity index (χ0n) is 21.0. The summed E-state index contributed by atoms with van der Waals surface area (Å²) in [7, 11) is 1.62. The van der Waals surface area contributed by atoms with Crippen molar-refractivity contribution >= 4 is 11.7 Å². The number of hydrogen-bond acceptors (Lipinski definition) is 3. The van der Waals surface area contributed by atoms with Crippen LogP contribution in [0.25, 0.3) is 11.5 Å². The number of nitrogens with zero attached hydrogens (tertiary/aromatic N) is 4. The summed E-state index contributed by atoms with van der Waals surface area (Å²) in [6, 6.07) is 26.9. The van der Waals surface area contributed by atoms with E-state index in [1.807, 2.05) is 84.5 Å². The number of urea groups is 1. The van der Waals surface area contributed by atoms with Crippen LogP contribution in [-0.4, -0.2) is 32.4 Å². The van der Waals surface area contributed by atoms with Crippen molar-refractivity contribution in [2.75, 3.05) is 12.4 Å². The number of nitrogens with one attached hydrogen (secondary N) is 1. The fourth-order valence-electron chi connectivity index (χ4n) is 5.04. The topological polar surface area (TPSA) is 64.3 Å². The third-order valence-electron chi connectivity index (χ3n) is 6.89. The minimum Gasteiger partial charge on any atom is -0.497 e. The van der Waals surface area contributed by atoms with Gasteiger partial charge in [-0.15, -0.1) is 0 Å². The normalized spacial score (nSPS) is 14.4. The first-order valence-electron chi connectivity index (χ1n) is 12.3. The van der Waals surface area contributed by atoms with E-state index in [-0.39, 0.29) is 12.2 Å². The number of aryl methyl sites for hydroxylation is 1. The standard InChI is InChI=1S/C30H26FN5O2/c1-20-24-19-35(30(37)32-26-12-7-6-11-25(26)31)28(21-14-16-23(38-2)17-15-21)27-13-8-18-34(27)29(24)36(33-20)22-9-4-3-5-10-22/h3-18,28H,19H2,1-2H3,(H,32,37). The minimum atomic E-state index is -0.492. The Labute approximate surface area is 219 Å². The summed E-state index contributed by atoms with van der Waals surface area (Å²) in [5, 5.41) is 7.65. The summed E-state index contributed by atoms with van der Waals surface area (Å²) in [4.78, 5) is 15.6. The first kappa shape index (κ1) is 23.5. The van der Waals surface area contributed by atoms with E-state index >= 15 is 0 Å². The van der Waals surface area contributed by atoms with E-state index in [4.69, 9.17) is 9.84 Å². The average molecular weight is 508 g/mol. The molecule has 1 aliphatic heterocycles. The van der Waals surface area contributed by atoms with E-state index in [0.717, 1.165) is 39.8 Å². The Balaban J connectivity index is 1.53. The number of methoxy groups -OCH3 is 1. The van der Waals surface area contributed by atoms with Crippen LogP contribution >= 0.6 is 0 Å². The van der Waals surface area contributed by atoms with Crippen molar-refractivity contribution in [3.8, 4) is 17.3 Å². The Morgan fingerprint density at radius 1 is 0.974 bits per heavy atom. The van der Waals surface area contributed by atoms with E-state index in [1.54, 1.807) is 30.2 Å². The van der Waals surface area contributed by atoms with E-state index in [9.17, 15) is 9.18 Å². The highest BCUT2D eigenvalue weighted by Gasteiger charge is 2.36. The van der Waals surface area contributed by atoms with Gasteiger partial charge in [0, 0.05) is 11.8 Å². The minimum absolute atomic E-state index is 0.127. The fourth-order valence-corrected chi connectivity index (χ4v) is 5.04. The first-order valence-corrected chi connectivity index (χ1v) is 12.3. The molecule has 8 heteroatoms. The Hall–Kier alpha value is -4.85. The number of ether oxygens (including phenoxy) is 1. The van der Waals surface area contributed by atoms with Crippen LogP contribution < -0.4 is 10.1 Å². The van der Waals surface area contributed by atoms with Crippen molar-refractivity contribution in [1.29, 1.82) is 0 Å². The molecular formula is C30H26FN5O2. The second kappa shape index (κ2) is 9.55. The van der Waals surface area contributed by atoms with Gasteiger partial charge in [0.1, 0.15) is 17.4 Å². The van der Waals surface area contributed by atoms with Crippen LogP contribution in [0.5, 0.6) is 5.75 Å². The van der Waals surface area contributed by atoms with Gasteiger partial charge in [-0.25, -0.2) is 13.9 Å². The number of amides is 2. The van der Waals surface area contributed by atoms with Gasteiger partial charge in [-0.2, -0.15) is 5.10 Å². The molecule has 2 amide bonds. The van der Waals surface area contributed by atoms with Crippen molar-refractivity contribution in [2.45, 2.75) is 19.5 Å². The van der Waals surface area contributed by atoms with Crippen LogP contribution in [0.2, 0.25) is 0 Å². The predicted octanol–water partition coefficient (Wildman–Crippen LogP) is 6.26. The molecule has 6 rings (SSSR count). The maximum Gasteiger partial charge on any atom is 0.323 e. The van der Waals surface area contributed by atoms with Gasteiger partial charge >= 0.3 is 6.03 Å². The van der Waals surface area contributed by atoms with Crippen molar-refractivity contribution in [2.24, 2.45) is 0 Å². The predicted molar refractivity (Wildman–Crippen MR) is 143 cm³/mol. The molecule has 1 unspecified atom stereocenters. The molecule has 0 radical (unpaired) electrons. The lowest BCUT2D eigenvalue weighted by molar-refractivity contribution is 0.194. The summed E-state index contributed by atoms with van der Waals surface area (Å²) in [6.45, 7) is 2.22. The van der Waals surface area contributed by atoms with Gasteiger partial charge in [0.05, 0.1) is 42.5 Å². The van der Waals surface area contributed by atoms with E-state index in [0.29, 0.717) is 0 Å². The number of halogens is 1. The number of carbonyl (C=O) groups excluding carboxylic acids is 1. The number of anilines is 1. The van der Waals surface area contributed by atoms with Crippen LogP contribution in [0.1, 0.15) is 28.6 Å². The number of hydrogen-bond donors (Lipinski definition) is 1. The molecule has 0 fully saturated rings. The molecule has 7 nitrogen and oxygen atoms in total. The molecule has 0 spiro atoms. The lowest BCUT2D eigenvalue weighted by atomic mass is 10.0. The molecule has 0 bridgehead atoms. The summed E-state index contributed by atoms with van der Waals surface area (Å²) >= 11 is 0. The van der Waals surface area contributed by atoms with Gasteiger partial charge in [-0.3, -0.25) is 0 Å². The van der Waals surface area contributed by atoms with Gasteiger partial charge in [0.15, 0.2) is 0 Å². The fraction of sp³-hybridized carbons (Fsp3) is 0.133. The summed E-state index contributed by atoms with van der Waals surface area (Å²) in [6.07, 6.45) is 1.99.